The molecule has 0 unspecified atom stereocenters. The van der Waals surface area contributed by atoms with Gasteiger partial charge in [0.2, 0.25) is 0 Å². The molecule has 1 aromatic carbocycles. The van der Waals surface area contributed by atoms with Crippen molar-refractivity contribution < 1.29 is 8.42 Å². The number of aromatic amines is 1. The van der Waals surface area contributed by atoms with Crippen LogP contribution in [0.2, 0.25) is 0 Å². The molecule has 6 nitrogen and oxygen atoms in total. The lowest BCUT2D eigenvalue weighted by atomic mass is 10.3. The Morgan fingerprint density at radius 3 is 2.58 bits per heavy atom. The Balaban J connectivity index is 2.41. The average molecular weight is 345 g/mol. The van der Waals surface area contributed by atoms with Crippen LogP contribution >= 0.6 is 15.9 Å². The highest BCUT2D eigenvalue weighted by Crippen LogP contribution is 2.26. The molecule has 8 heteroatoms. The van der Waals surface area contributed by atoms with Crippen molar-refractivity contribution in [3.05, 3.63) is 33.9 Å². The fourth-order valence-electron chi connectivity index (χ4n) is 1.50. The summed E-state index contributed by atoms with van der Waals surface area (Å²) < 4.78 is 27.4. The second kappa shape index (κ2) is 4.86. The quantitative estimate of drug-likeness (QED) is 0.742. The Hall–Kier alpha value is -1.54. The predicted molar refractivity (Wildman–Crippen MR) is 77.4 cm³/mol. The molecule has 2 aromatic rings. The van der Waals surface area contributed by atoms with Crippen molar-refractivity contribution >= 4 is 37.5 Å². The molecule has 4 N–H and O–H groups in total. The number of hydrogen-bond donors (Lipinski definition) is 3. The third kappa shape index (κ3) is 2.74. The first-order valence-electron chi connectivity index (χ1n) is 5.40. The van der Waals surface area contributed by atoms with Crippen LogP contribution in [0, 0.1) is 13.8 Å². The largest absolute Gasteiger partial charge is 0.399 e. The lowest BCUT2D eigenvalue weighted by Crippen LogP contribution is -2.14. The summed E-state index contributed by atoms with van der Waals surface area (Å²) in [6.07, 6.45) is 0. The van der Waals surface area contributed by atoms with Crippen LogP contribution in [0.15, 0.2) is 27.6 Å². The van der Waals surface area contributed by atoms with E-state index >= 15 is 0 Å². The van der Waals surface area contributed by atoms with Gasteiger partial charge in [0.05, 0.1) is 0 Å². The zero-order chi connectivity index (χ0) is 14.2. The van der Waals surface area contributed by atoms with Crippen molar-refractivity contribution in [2.45, 2.75) is 18.7 Å². The van der Waals surface area contributed by atoms with Crippen LogP contribution in [-0.4, -0.2) is 18.6 Å². The van der Waals surface area contributed by atoms with Gasteiger partial charge in [0, 0.05) is 21.4 Å². The molecule has 0 radical (unpaired) electrons. The average Bonchev–Trinajstić information content (AvgIpc) is 2.60. The van der Waals surface area contributed by atoms with Crippen molar-refractivity contribution in [1.82, 2.24) is 10.2 Å². The van der Waals surface area contributed by atoms with Gasteiger partial charge in [-0.25, -0.2) is 8.42 Å². The summed E-state index contributed by atoms with van der Waals surface area (Å²) in [5.41, 5.74) is 7.65. The first-order valence-corrected chi connectivity index (χ1v) is 7.68. The Morgan fingerprint density at radius 1 is 1.37 bits per heavy atom. The highest BCUT2D eigenvalue weighted by atomic mass is 79.9. The number of benzene rings is 1. The van der Waals surface area contributed by atoms with Crippen LogP contribution in [0.5, 0.6) is 0 Å². The topological polar surface area (TPSA) is 101 Å². The third-order valence-electron chi connectivity index (χ3n) is 2.73. The maximum Gasteiger partial charge on any atom is 0.264 e. The molecule has 0 bridgehead atoms. The summed E-state index contributed by atoms with van der Waals surface area (Å²) in [6.45, 7) is 3.61. The van der Waals surface area contributed by atoms with Gasteiger partial charge < -0.3 is 5.73 Å². The molecular weight excluding hydrogens is 332 g/mol. The second-order valence-corrected chi connectivity index (χ2v) is 6.62. The van der Waals surface area contributed by atoms with Crippen molar-refractivity contribution in [2.24, 2.45) is 0 Å². The van der Waals surface area contributed by atoms with E-state index in [0.717, 1.165) is 11.3 Å². The van der Waals surface area contributed by atoms with Crippen LogP contribution in [-0.2, 0) is 10.0 Å². The molecule has 1 aromatic heterocycles. The SMILES string of the molecule is Cc1[nH]nc(NS(=O)(=O)c2ccc(N)cc2Br)c1C. The Bertz CT molecular complexity index is 724. The molecule has 102 valence electrons. The molecule has 0 aliphatic heterocycles. The number of H-pyrrole nitrogens is 1. The van der Waals surface area contributed by atoms with Gasteiger partial charge in [0.15, 0.2) is 5.82 Å². The molecule has 0 fully saturated rings. The Morgan fingerprint density at radius 2 is 2.05 bits per heavy atom. The molecule has 1 heterocycles. The maximum absolute atomic E-state index is 12.3. The first kappa shape index (κ1) is 13.9. The summed E-state index contributed by atoms with van der Waals surface area (Å²) in [5, 5.41) is 6.64. The van der Waals surface area contributed by atoms with Gasteiger partial charge in [0.1, 0.15) is 4.90 Å². The number of hydrogen-bond acceptors (Lipinski definition) is 4. The van der Waals surface area contributed by atoms with E-state index in [-0.39, 0.29) is 4.90 Å². The van der Waals surface area contributed by atoms with Crippen molar-refractivity contribution in [3.8, 4) is 0 Å². The highest BCUT2D eigenvalue weighted by molar-refractivity contribution is 9.10. The number of aryl methyl sites for hydroxylation is 1. The van der Waals surface area contributed by atoms with Crippen LogP contribution in [0.25, 0.3) is 0 Å². The van der Waals surface area contributed by atoms with E-state index in [0.29, 0.717) is 16.0 Å². The van der Waals surface area contributed by atoms with Gasteiger partial charge in [-0.15, -0.1) is 0 Å². The van der Waals surface area contributed by atoms with Gasteiger partial charge in [0.25, 0.3) is 10.0 Å². The van der Waals surface area contributed by atoms with E-state index in [2.05, 4.69) is 30.8 Å². The molecule has 0 aliphatic rings. The minimum atomic E-state index is -3.70. The normalized spacial score (nSPS) is 11.5. The lowest BCUT2D eigenvalue weighted by Gasteiger charge is -2.08. The van der Waals surface area contributed by atoms with Crippen LogP contribution in [0.3, 0.4) is 0 Å². The fraction of sp³-hybridized carbons (Fsp3) is 0.182. The molecule has 0 aliphatic carbocycles. The Kier molecular flexibility index (Phi) is 3.55. The monoisotopic (exact) mass is 344 g/mol. The Labute approximate surface area is 119 Å². The number of nitrogens with one attached hydrogen (secondary N) is 2. The number of rotatable bonds is 3. The van der Waals surface area contributed by atoms with Gasteiger partial charge in [-0.3, -0.25) is 9.82 Å². The number of nitrogen functional groups attached to an aromatic ring is 1. The zero-order valence-corrected chi connectivity index (χ0v) is 12.8. The second-order valence-electron chi connectivity index (χ2n) is 4.12. The van der Waals surface area contributed by atoms with Crippen LogP contribution in [0.4, 0.5) is 11.5 Å². The first-order chi connectivity index (χ1) is 8.81. The predicted octanol–water partition coefficient (Wildman–Crippen LogP) is 2.17. The molecule has 2 rings (SSSR count). The minimum absolute atomic E-state index is 0.113. The van der Waals surface area contributed by atoms with Crippen molar-refractivity contribution in [1.29, 1.82) is 0 Å². The number of halogens is 1. The summed E-state index contributed by atoms with van der Waals surface area (Å²) in [7, 11) is -3.70. The minimum Gasteiger partial charge on any atom is -0.399 e. The standard InChI is InChI=1S/C11H13BrN4O2S/c1-6-7(2)14-15-11(6)16-19(17,18)10-4-3-8(13)5-9(10)12/h3-5H,13H2,1-2H3,(H2,14,15,16). The summed E-state index contributed by atoms with van der Waals surface area (Å²) in [5.74, 6) is 0.293. The van der Waals surface area contributed by atoms with Crippen LogP contribution < -0.4 is 10.5 Å². The molecular formula is C11H13BrN4O2S. The van der Waals surface area contributed by atoms with E-state index in [9.17, 15) is 8.42 Å². The number of aromatic nitrogens is 2. The molecule has 0 spiro atoms. The zero-order valence-electron chi connectivity index (χ0n) is 10.4. The van der Waals surface area contributed by atoms with E-state index in [4.69, 9.17) is 5.73 Å². The number of sulfonamides is 1. The lowest BCUT2D eigenvalue weighted by molar-refractivity contribution is 0.600. The van der Waals surface area contributed by atoms with Crippen LogP contribution in [0.1, 0.15) is 11.3 Å². The van der Waals surface area contributed by atoms with Crippen molar-refractivity contribution in [3.63, 3.8) is 0 Å². The number of nitrogens with two attached hydrogens (primary N) is 1. The van der Waals surface area contributed by atoms with E-state index < -0.39 is 10.0 Å². The van der Waals surface area contributed by atoms with E-state index in [1.165, 1.54) is 18.2 Å². The summed E-state index contributed by atoms with van der Waals surface area (Å²) >= 11 is 3.19. The summed E-state index contributed by atoms with van der Waals surface area (Å²) in [4.78, 5) is 0.113. The number of anilines is 2. The maximum atomic E-state index is 12.3. The highest BCUT2D eigenvalue weighted by Gasteiger charge is 2.20. The van der Waals surface area contributed by atoms with E-state index in [1.807, 2.05) is 6.92 Å². The van der Waals surface area contributed by atoms with E-state index in [1.54, 1.807) is 6.92 Å². The molecule has 0 atom stereocenters. The number of nitrogens with zero attached hydrogens (tertiary/aromatic N) is 1. The molecule has 0 amide bonds. The summed E-state index contributed by atoms with van der Waals surface area (Å²) in [6, 6.07) is 4.51. The smallest absolute Gasteiger partial charge is 0.264 e. The van der Waals surface area contributed by atoms with Gasteiger partial charge in [-0.2, -0.15) is 5.10 Å². The fourth-order valence-corrected chi connectivity index (χ4v) is 3.66. The molecule has 0 saturated heterocycles. The van der Waals surface area contributed by atoms with Gasteiger partial charge in [-0.1, -0.05) is 0 Å². The van der Waals surface area contributed by atoms with Crippen molar-refractivity contribution in [2.75, 3.05) is 10.5 Å². The van der Waals surface area contributed by atoms with Gasteiger partial charge >= 0.3 is 0 Å². The molecule has 19 heavy (non-hydrogen) atoms. The third-order valence-corrected chi connectivity index (χ3v) is 5.05. The van der Waals surface area contributed by atoms with Gasteiger partial charge in [-0.05, 0) is 48.0 Å². The molecule has 0 saturated carbocycles.